The number of β-lactam (4-membered cyclic amide) rings is 1. The van der Waals surface area contributed by atoms with Crippen LogP contribution in [-0.4, -0.2) is 49.1 Å². The van der Waals surface area contributed by atoms with E-state index in [2.05, 4.69) is 43.3 Å². The van der Waals surface area contributed by atoms with Gasteiger partial charge in [-0.3, -0.25) is 4.79 Å². The Balaban J connectivity index is 0.000000982. The summed E-state index contributed by atoms with van der Waals surface area (Å²) in [6.45, 7) is 12.3. The second-order valence-corrected chi connectivity index (χ2v) is 11.7. The van der Waals surface area contributed by atoms with Gasteiger partial charge in [0.15, 0.2) is 9.04 Å². The van der Waals surface area contributed by atoms with E-state index >= 15 is 0 Å². The SMILES string of the molecule is C[SiH](C)OCC/C(=C1/CNC1=O)C(C)(C)C.[SiH3]O[SiH3]. The highest BCUT2D eigenvalue weighted by molar-refractivity contribution is 6.48. The summed E-state index contributed by atoms with van der Waals surface area (Å²) >= 11 is 0. The van der Waals surface area contributed by atoms with E-state index in [1.165, 1.54) is 5.57 Å². The highest BCUT2D eigenvalue weighted by Gasteiger charge is 2.29. The van der Waals surface area contributed by atoms with E-state index in [0.717, 1.165) is 46.1 Å². The first-order chi connectivity index (χ1) is 8.73. The standard InChI is InChI=1S/C12H23NO2Si.H6OSi2/c1-12(2,3)10(6-7-15-16(4)5)9-8-13-11(9)14;2-1-3/h16H,6-8H2,1-5H3,(H,13,14);2-3H3/b10-9+;. The van der Waals surface area contributed by atoms with Gasteiger partial charge in [-0.25, -0.2) is 0 Å². The van der Waals surface area contributed by atoms with Crippen LogP contribution in [0.15, 0.2) is 11.1 Å². The molecule has 0 aromatic heterocycles. The lowest BCUT2D eigenvalue weighted by Crippen LogP contribution is -2.43. The molecule has 0 aromatic rings. The van der Waals surface area contributed by atoms with Crippen LogP contribution >= 0.6 is 0 Å². The Morgan fingerprint density at radius 1 is 1.37 bits per heavy atom. The molecule has 19 heavy (non-hydrogen) atoms. The maximum Gasteiger partial charge on any atom is 0.249 e. The second kappa shape index (κ2) is 8.85. The van der Waals surface area contributed by atoms with Gasteiger partial charge in [0.25, 0.3) is 0 Å². The summed E-state index contributed by atoms with van der Waals surface area (Å²) in [5.41, 5.74) is 2.29. The van der Waals surface area contributed by atoms with E-state index in [-0.39, 0.29) is 11.3 Å². The van der Waals surface area contributed by atoms with Gasteiger partial charge in [-0.15, -0.1) is 0 Å². The topological polar surface area (TPSA) is 47.6 Å². The van der Waals surface area contributed by atoms with Crippen LogP contribution in [0.25, 0.3) is 0 Å². The molecular weight excluding hydrogens is 290 g/mol. The summed E-state index contributed by atoms with van der Waals surface area (Å²) in [5.74, 6) is 0.103. The maximum atomic E-state index is 11.4. The molecule has 7 heteroatoms. The van der Waals surface area contributed by atoms with Crippen LogP contribution < -0.4 is 5.32 Å². The van der Waals surface area contributed by atoms with Crippen molar-refractivity contribution in [2.75, 3.05) is 13.2 Å². The van der Waals surface area contributed by atoms with Gasteiger partial charge in [0.1, 0.15) is 21.0 Å². The maximum absolute atomic E-state index is 11.4. The fourth-order valence-corrected chi connectivity index (χ4v) is 2.46. The third-order valence-electron chi connectivity index (χ3n) is 2.77. The van der Waals surface area contributed by atoms with Gasteiger partial charge in [0.2, 0.25) is 5.91 Å². The van der Waals surface area contributed by atoms with Crippen LogP contribution in [0.3, 0.4) is 0 Å². The smallest absolute Gasteiger partial charge is 0.249 e. The number of hydrogen-bond donors (Lipinski definition) is 1. The van der Waals surface area contributed by atoms with Crippen molar-refractivity contribution in [2.45, 2.75) is 40.3 Å². The second-order valence-electron chi connectivity index (χ2n) is 5.97. The molecule has 1 saturated heterocycles. The number of nitrogens with one attached hydrogen (secondary N) is 1. The lowest BCUT2D eigenvalue weighted by Gasteiger charge is -2.31. The molecule has 112 valence electrons. The molecule has 1 aliphatic heterocycles. The lowest BCUT2D eigenvalue weighted by molar-refractivity contribution is -0.120. The molecule has 4 nitrogen and oxygen atoms in total. The van der Waals surface area contributed by atoms with Gasteiger partial charge in [-0.2, -0.15) is 0 Å². The summed E-state index contributed by atoms with van der Waals surface area (Å²) < 4.78 is 10.2. The van der Waals surface area contributed by atoms with E-state index in [9.17, 15) is 4.79 Å². The average Bonchev–Trinajstić information content (AvgIpc) is 2.25. The van der Waals surface area contributed by atoms with E-state index in [1.807, 2.05) is 0 Å². The summed E-state index contributed by atoms with van der Waals surface area (Å²) in [5, 5.41) is 2.78. The molecule has 0 aliphatic carbocycles. The quantitative estimate of drug-likeness (QED) is 0.428. The number of rotatable bonds is 4. The van der Waals surface area contributed by atoms with Crippen molar-refractivity contribution < 1.29 is 13.3 Å². The zero-order valence-electron chi connectivity index (χ0n) is 13.4. The monoisotopic (exact) mass is 319 g/mol. The van der Waals surface area contributed by atoms with Gasteiger partial charge >= 0.3 is 0 Å². The van der Waals surface area contributed by atoms with Crippen LogP contribution in [0.1, 0.15) is 27.2 Å². The molecular formula is C12H29NO3Si3. The van der Waals surface area contributed by atoms with Crippen molar-refractivity contribution in [3.05, 3.63) is 11.1 Å². The zero-order chi connectivity index (χ0) is 15.1. The van der Waals surface area contributed by atoms with Crippen molar-refractivity contribution in [3.63, 3.8) is 0 Å². The van der Waals surface area contributed by atoms with Crippen LogP contribution in [0.5, 0.6) is 0 Å². The van der Waals surface area contributed by atoms with Gasteiger partial charge in [0.05, 0.1) is 0 Å². The molecule has 0 aromatic carbocycles. The van der Waals surface area contributed by atoms with Crippen LogP contribution in [-0.2, 0) is 13.3 Å². The minimum absolute atomic E-state index is 0.0645. The van der Waals surface area contributed by atoms with Crippen molar-refractivity contribution in [2.24, 2.45) is 5.41 Å². The Morgan fingerprint density at radius 3 is 2.16 bits per heavy atom. The van der Waals surface area contributed by atoms with Gasteiger partial charge in [-0.1, -0.05) is 26.3 Å². The minimum atomic E-state index is -0.944. The Labute approximate surface area is 125 Å². The predicted octanol–water partition coefficient (Wildman–Crippen LogP) is -0.587. The van der Waals surface area contributed by atoms with E-state index < -0.39 is 9.04 Å². The van der Waals surface area contributed by atoms with Crippen LogP contribution in [0.2, 0.25) is 13.1 Å². The summed E-state index contributed by atoms with van der Waals surface area (Å²) in [7, 11) is 0.917. The molecule has 0 saturated carbocycles. The van der Waals surface area contributed by atoms with Gasteiger partial charge in [-0.05, 0) is 24.9 Å². The van der Waals surface area contributed by atoms with Gasteiger partial charge < -0.3 is 13.9 Å². The molecule has 0 unspecified atom stereocenters. The highest BCUT2D eigenvalue weighted by Crippen LogP contribution is 2.32. The third kappa shape index (κ3) is 7.21. The van der Waals surface area contributed by atoms with E-state index in [1.54, 1.807) is 0 Å². The molecule has 1 amide bonds. The summed E-state index contributed by atoms with van der Waals surface area (Å²) in [6, 6.07) is 0. The molecule has 1 aliphatic rings. The zero-order valence-corrected chi connectivity index (χ0v) is 18.6. The average molecular weight is 320 g/mol. The highest BCUT2D eigenvalue weighted by atomic mass is 28.3. The summed E-state index contributed by atoms with van der Waals surface area (Å²) in [4.78, 5) is 11.4. The molecule has 1 heterocycles. The fourth-order valence-electron chi connectivity index (χ4n) is 1.87. The van der Waals surface area contributed by atoms with E-state index in [4.69, 9.17) is 4.43 Å². The first-order valence-electron chi connectivity index (χ1n) is 6.76. The molecule has 0 radical (unpaired) electrons. The molecule has 1 rings (SSSR count). The molecule has 0 bridgehead atoms. The molecule has 0 spiro atoms. The first kappa shape index (κ1) is 18.8. The number of carbonyl (C=O) groups excluding carboxylic acids is 1. The van der Waals surface area contributed by atoms with Crippen LogP contribution in [0.4, 0.5) is 0 Å². The predicted molar refractivity (Wildman–Crippen MR) is 89.9 cm³/mol. The van der Waals surface area contributed by atoms with Gasteiger partial charge in [0, 0.05) is 18.7 Å². The minimum Gasteiger partial charge on any atom is -0.471 e. The number of carbonyl (C=O) groups is 1. The van der Waals surface area contributed by atoms with Crippen molar-refractivity contribution in [1.82, 2.24) is 5.32 Å². The van der Waals surface area contributed by atoms with Crippen LogP contribution in [0, 0.1) is 5.41 Å². The Morgan fingerprint density at radius 2 is 1.89 bits per heavy atom. The Kier molecular flexibility index (Phi) is 8.75. The molecule has 0 atom stereocenters. The van der Waals surface area contributed by atoms with Crippen molar-refractivity contribution >= 4 is 35.9 Å². The molecule has 1 fully saturated rings. The number of amides is 1. The molecule has 1 N–H and O–H groups in total. The number of hydrogen-bond acceptors (Lipinski definition) is 3. The Bertz CT molecular complexity index is 325. The Hall–Kier alpha value is -0.219. The lowest BCUT2D eigenvalue weighted by atomic mass is 9.80. The normalized spacial score (nSPS) is 17.7. The summed E-state index contributed by atoms with van der Waals surface area (Å²) in [6.07, 6.45) is 0.886. The third-order valence-corrected chi connectivity index (χ3v) is 3.68. The van der Waals surface area contributed by atoms with Crippen molar-refractivity contribution in [3.8, 4) is 0 Å². The largest absolute Gasteiger partial charge is 0.471 e. The first-order valence-corrected chi connectivity index (χ1v) is 11.2. The van der Waals surface area contributed by atoms with E-state index in [0.29, 0.717) is 0 Å². The fraction of sp³-hybridized carbons (Fsp3) is 0.750. The van der Waals surface area contributed by atoms with Crippen molar-refractivity contribution in [1.29, 1.82) is 0 Å².